The van der Waals surface area contributed by atoms with Gasteiger partial charge in [0.15, 0.2) is 0 Å². The lowest BCUT2D eigenvalue weighted by Crippen LogP contribution is -2.36. The van der Waals surface area contributed by atoms with Crippen LogP contribution in [0.15, 0.2) is 30.7 Å². The van der Waals surface area contributed by atoms with Gasteiger partial charge in [-0.05, 0) is 32.9 Å². The van der Waals surface area contributed by atoms with Crippen LogP contribution in [0.5, 0.6) is 0 Å². The molecule has 1 aliphatic heterocycles. The summed E-state index contributed by atoms with van der Waals surface area (Å²) in [6.45, 7) is 8.83. The Bertz CT molecular complexity index is 786. The third-order valence-corrected chi connectivity index (χ3v) is 4.08. The van der Waals surface area contributed by atoms with E-state index >= 15 is 0 Å². The van der Waals surface area contributed by atoms with Gasteiger partial charge in [-0.3, -0.25) is 14.3 Å². The molecule has 1 N–H and O–H groups in total. The van der Waals surface area contributed by atoms with Crippen molar-refractivity contribution < 1.29 is 14.3 Å². The van der Waals surface area contributed by atoms with Crippen LogP contribution >= 0.6 is 0 Å². The number of aromatic nitrogens is 3. The number of morpholine rings is 1. The molecule has 3 heterocycles. The summed E-state index contributed by atoms with van der Waals surface area (Å²) in [5.41, 5.74) is 0.479. The average molecular weight is 357 g/mol. The van der Waals surface area contributed by atoms with E-state index in [1.807, 2.05) is 26.8 Å². The van der Waals surface area contributed by atoms with Crippen molar-refractivity contribution in [3.8, 4) is 0 Å². The molecule has 8 nitrogen and oxygen atoms in total. The molecule has 0 atom stereocenters. The first-order valence-corrected chi connectivity index (χ1v) is 8.54. The van der Waals surface area contributed by atoms with Gasteiger partial charge in [-0.1, -0.05) is 0 Å². The molecule has 0 radical (unpaired) electrons. The monoisotopic (exact) mass is 357 g/mol. The minimum Gasteiger partial charge on any atom is -0.378 e. The molecule has 0 unspecified atom stereocenters. The SMILES string of the molecule is CC(C)(C)n1cc(C(=O)C(=O)Nc2ccc(N3CCOCC3)nc2)cn1. The van der Waals surface area contributed by atoms with Crippen molar-refractivity contribution in [1.29, 1.82) is 0 Å². The number of anilines is 2. The quantitative estimate of drug-likeness (QED) is 0.662. The van der Waals surface area contributed by atoms with Crippen LogP contribution < -0.4 is 10.2 Å². The first-order chi connectivity index (χ1) is 12.3. The zero-order chi connectivity index (χ0) is 18.7. The number of nitrogens with zero attached hydrogens (tertiary/aromatic N) is 4. The third kappa shape index (κ3) is 4.08. The predicted octanol–water partition coefficient (Wildman–Crippen LogP) is 1.69. The second-order valence-corrected chi connectivity index (χ2v) is 7.13. The molecule has 1 aliphatic rings. The summed E-state index contributed by atoms with van der Waals surface area (Å²) in [5.74, 6) is -0.513. The molecule has 3 rings (SSSR count). The fourth-order valence-electron chi connectivity index (χ4n) is 2.57. The Morgan fingerprint density at radius 1 is 1.15 bits per heavy atom. The van der Waals surface area contributed by atoms with E-state index in [9.17, 15) is 9.59 Å². The summed E-state index contributed by atoms with van der Waals surface area (Å²) in [6.07, 6.45) is 4.54. The second-order valence-electron chi connectivity index (χ2n) is 7.13. The van der Waals surface area contributed by atoms with Crippen LogP contribution in [0.25, 0.3) is 0 Å². The van der Waals surface area contributed by atoms with E-state index in [0.29, 0.717) is 18.9 Å². The lowest BCUT2D eigenvalue weighted by atomic mass is 10.1. The number of hydrogen-bond acceptors (Lipinski definition) is 6. The molecule has 8 heteroatoms. The largest absolute Gasteiger partial charge is 0.378 e. The predicted molar refractivity (Wildman–Crippen MR) is 97.5 cm³/mol. The van der Waals surface area contributed by atoms with E-state index in [-0.39, 0.29) is 11.1 Å². The van der Waals surface area contributed by atoms with Crippen molar-refractivity contribution in [3.63, 3.8) is 0 Å². The fraction of sp³-hybridized carbons (Fsp3) is 0.444. The van der Waals surface area contributed by atoms with Crippen molar-refractivity contribution in [3.05, 3.63) is 36.3 Å². The van der Waals surface area contributed by atoms with Gasteiger partial charge >= 0.3 is 0 Å². The van der Waals surface area contributed by atoms with Crippen LogP contribution in [-0.4, -0.2) is 52.8 Å². The number of carbonyl (C=O) groups is 2. The number of rotatable bonds is 4. The zero-order valence-corrected chi connectivity index (χ0v) is 15.2. The van der Waals surface area contributed by atoms with E-state index < -0.39 is 11.7 Å². The fourth-order valence-corrected chi connectivity index (χ4v) is 2.57. The number of pyridine rings is 1. The maximum Gasteiger partial charge on any atom is 0.296 e. The molecule has 1 fully saturated rings. The summed E-state index contributed by atoms with van der Waals surface area (Å²) in [5, 5.41) is 6.74. The van der Waals surface area contributed by atoms with Gasteiger partial charge < -0.3 is 15.0 Å². The smallest absolute Gasteiger partial charge is 0.296 e. The Balaban J connectivity index is 1.63. The van der Waals surface area contributed by atoms with Crippen LogP contribution in [0.1, 0.15) is 31.1 Å². The molecule has 1 saturated heterocycles. The lowest BCUT2D eigenvalue weighted by Gasteiger charge is -2.27. The molecule has 0 aromatic carbocycles. The number of nitrogens with one attached hydrogen (secondary N) is 1. The van der Waals surface area contributed by atoms with E-state index in [1.165, 1.54) is 6.20 Å². The highest BCUT2D eigenvalue weighted by Crippen LogP contribution is 2.17. The van der Waals surface area contributed by atoms with E-state index in [0.717, 1.165) is 18.9 Å². The van der Waals surface area contributed by atoms with Gasteiger partial charge in [-0.25, -0.2) is 4.98 Å². The van der Waals surface area contributed by atoms with Crippen LogP contribution in [-0.2, 0) is 15.1 Å². The van der Waals surface area contributed by atoms with Crippen molar-refractivity contribution in [2.24, 2.45) is 0 Å². The molecule has 0 saturated carbocycles. The first-order valence-electron chi connectivity index (χ1n) is 8.54. The Kier molecular flexibility index (Phi) is 5.03. The molecule has 0 bridgehead atoms. The van der Waals surface area contributed by atoms with Gasteiger partial charge in [-0.2, -0.15) is 5.10 Å². The van der Waals surface area contributed by atoms with Gasteiger partial charge in [0.2, 0.25) is 0 Å². The molecule has 2 aromatic heterocycles. The second kappa shape index (κ2) is 7.25. The van der Waals surface area contributed by atoms with Gasteiger partial charge in [0, 0.05) is 19.3 Å². The minimum absolute atomic E-state index is 0.256. The van der Waals surface area contributed by atoms with Crippen LogP contribution in [0.2, 0.25) is 0 Å². The average Bonchev–Trinajstić information content (AvgIpc) is 3.13. The maximum absolute atomic E-state index is 12.3. The van der Waals surface area contributed by atoms with E-state index in [1.54, 1.807) is 23.1 Å². The molecule has 138 valence electrons. The Morgan fingerprint density at radius 3 is 2.46 bits per heavy atom. The molecule has 1 amide bonds. The van der Waals surface area contributed by atoms with Crippen LogP contribution in [0.3, 0.4) is 0 Å². The number of amides is 1. The van der Waals surface area contributed by atoms with Crippen molar-refractivity contribution in [2.75, 3.05) is 36.5 Å². The summed E-state index contributed by atoms with van der Waals surface area (Å²) in [6, 6.07) is 3.56. The molecule has 26 heavy (non-hydrogen) atoms. The number of hydrogen-bond donors (Lipinski definition) is 1. The summed E-state index contributed by atoms with van der Waals surface area (Å²) < 4.78 is 6.98. The lowest BCUT2D eigenvalue weighted by molar-refractivity contribution is -0.112. The van der Waals surface area contributed by atoms with Crippen molar-refractivity contribution in [2.45, 2.75) is 26.3 Å². The van der Waals surface area contributed by atoms with Gasteiger partial charge in [0.05, 0.1) is 42.4 Å². The number of ketones is 1. The maximum atomic E-state index is 12.3. The first kappa shape index (κ1) is 18.1. The summed E-state index contributed by atoms with van der Waals surface area (Å²) in [7, 11) is 0. The summed E-state index contributed by atoms with van der Waals surface area (Å²) in [4.78, 5) is 31.0. The van der Waals surface area contributed by atoms with Crippen LogP contribution in [0, 0.1) is 0 Å². The van der Waals surface area contributed by atoms with Gasteiger partial charge in [0.25, 0.3) is 11.7 Å². The number of Topliss-reactive ketones (excluding diaryl/α,β-unsaturated/α-hetero) is 1. The van der Waals surface area contributed by atoms with Gasteiger partial charge in [0.1, 0.15) is 5.82 Å². The molecular weight excluding hydrogens is 334 g/mol. The molecular formula is C18H23N5O3. The summed E-state index contributed by atoms with van der Waals surface area (Å²) >= 11 is 0. The van der Waals surface area contributed by atoms with E-state index in [4.69, 9.17) is 4.74 Å². The highest BCUT2D eigenvalue weighted by Gasteiger charge is 2.21. The van der Waals surface area contributed by atoms with Gasteiger partial charge in [-0.15, -0.1) is 0 Å². The molecule has 0 spiro atoms. The highest BCUT2D eigenvalue weighted by molar-refractivity contribution is 6.46. The third-order valence-electron chi connectivity index (χ3n) is 4.08. The van der Waals surface area contributed by atoms with Crippen molar-refractivity contribution >= 4 is 23.2 Å². The normalized spacial score (nSPS) is 15.0. The topological polar surface area (TPSA) is 89.4 Å². The standard InChI is InChI=1S/C18H23N5O3/c1-18(2,3)23-12-13(10-20-23)16(24)17(25)21-14-4-5-15(19-11-14)22-6-8-26-9-7-22/h4-5,10-12H,6-9H2,1-3H3,(H,21,25). The highest BCUT2D eigenvalue weighted by atomic mass is 16.5. The Hall–Kier alpha value is -2.74. The molecule has 2 aromatic rings. The number of carbonyl (C=O) groups excluding carboxylic acids is 2. The zero-order valence-electron chi connectivity index (χ0n) is 15.2. The van der Waals surface area contributed by atoms with Crippen molar-refractivity contribution in [1.82, 2.24) is 14.8 Å². The van der Waals surface area contributed by atoms with Crippen LogP contribution in [0.4, 0.5) is 11.5 Å². The van der Waals surface area contributed by atoms with E-state index in [2.05, 4.69) is 20.3 Å². The Labute approximate surface area is 152 Å². The molecule has 0 aliphatic carbocycles. The number of ether oxygens (including phenoxy) is 1. The Morgan fingerprint density at radius 2 is 1.88 bits per heavy atom. The minimum atomic E-state index is -0.709.